The van der Waals surface area contributed by atoms with Gasteiger partial charge in [-0.05, 0) is 60.7 Å². The Hall–Kier alpha value is -3.77. The minimum atomic E-state index is -4.63. The number of hydrogen-bond donors (Lipinski definition) is 3. The van der Waals surface area contributed by atoms with Gasteiger partial charge in [0.1, 0.15) is 42.6 Å². The quantitative estimate of drug-likeness (QED) is 0.148. The molecular formula is C31H36NO11P. The lowest BCUT2D eigenvalue weighted by molar-refractivity contribution is -0.154. The highest BCUT2D eigenvalue weighted by molar-refractivity contribution is 7.47. The number of rotatable bonds is 16. The highest BCUT2D eigenvalue weighted by Gasteiger charge is 2.36. The molecule has 0 spiro atoms. The summed E-state index contributed by atoms with van der Waals surface area (Å²) >= 11 is 0. The summed E-state index contributed by atoms with van der Waals surface area (Å²) in [5.41, 5.74) is 7.05. The lowest BCUT2D eigenvalue weighted by Crippen LogP contribution is -2.40. The largest absolute Gasteiger partial charge is 0.489 e. The number of benzene rings is 3. The minimum absolute atomic E-state index is 0.0632. The number of hydrogen-bond acceptors (Lipinski definition) is 10. The van der Waals surface area contributed by atoms with Crippen LogP contribution in [0.4, 0.5) is 0 Å². The maximum Gasteiger partial charge on any atom is 0.472 e. The van der Waals surface area contributed by atoms with Gasteiger partial charge in [0.15, 0.2) is 0 Å². The molecule has 3 aromatic rings. The molecule has 1 aliphatic rings. The molecule has 4 rings (SSSR count). The topological polar surface area (TPSA) is 173 Å². The fourth-order valence-electron chi connectivity index (χ4n) is 4.36. The van der Waals surface area contributed by atoms with Crippen LogP contribution in [0.25, 0.3) is 0 Å². The van der Waals surface area contributed by atoms with E-state index in [2.05, 4.69) is 0 Å². The molecule has 0 amide bonds. The second-order valence-corrected chi connectivity index (χ2v) is 11.5. The summed E-state index contributed by atoms with van der Waals surface area (Å²) in [5.74, 6) is 0.194. The van der Waals surface area contributed by atoms with E-state index in [1.54, 1.807) is 0 Å². The Kier molecular flexibility index (Phi) is 12.3. The Morgan fingerprint density at radius 2 is 1.77 bits per heavy atom. The molecule has 12 nitrogen and oxygen atoms in total. The van der Waals surface area contributed by atoms with E-state index in [1.807, 2.05) is 78.9 Å². The summed E-state index contributed by atoms with van der Waals surface area (Å²) in [6.45, 7) is -0.253. The molecule has 0 saturated carbocycles. The van der Waals surface area contributed by atoms with Crippen LogP contribution in [-0.4, -0.2) is 60.0 Å². The average molecular weight is 630 g/mol. The minimum Gasteiger partial charge on any atom is -0.489 e. The number of carboxylic acids is 1. The first-order valence-corrected chi connectivity index (χ1v) is 15.6. The summed E-state index contributed by atoms with van der Waals surface area (Å²) in [6, 6.07) is 23.0. The first-order chi connectivity index (χ1) is 21.2. The van der Waals surface area contributed by atoms with Gasteiger partial charge >= 0.3 is 19.8 Å². The van der Waals surface area contributed by atoms with Gasteiger partial charge in [-0.3, -0.25) is 18.6 Å². The number of carbonyl (C=O) groups is 2. The van der Waals surface area contributed by atoms with Gasteiger partial charge in [-0.25, -0.2) is 4.57 Å². The van der Waals surface area contributed by atoms with Crippen LogP contribution in [0.1, 0.15) is 30.4 Å². The molecule has 0 aliphatic carbocycles. The van der Waals surface area contributed by atoms with E-state index < -0.39 is 44.6 Å². The zero-order chi connectivity index (χ0) is 31.4. The van der Waals surface area contributed by atoms with E-state index in [0.29, 0.717) is 44.0 Å². The summed E-state index contributed by atoms with van der Waals surface area (Å²) in [4.78, 5) is 33.4. The smallest absolute Gasteiger partial charge is 0.472 e. The van der Waals surface area contributed by atoms with Crippen molar-refractivity contribution in [2.45, 2.75) is 50.5 Å². The molecule has 1 saturated heterocycles. The number of esters is 1. The molecule has 1 fully saturated rings. The van der Waals surface area contributed by atoms with Crippen molar-refractivity contribution in [1.29, 1.82) is 0 Å². The van der Waals surface area contributed by atoms with Crippen molar-refractivity contribution in [3.63, 3.8) is 0 Å². The number of aryl methyl sites for hydroxylation is 1. The number of aliphatic carboxylic acids is 1. The highest BCUT2D eigenvalue weighted by atomic mass is 31.2. The molecule has 4 N–H and O–H groups in total. The summed E-state index contributed by atoms with van der Waals surface area (Å²) in [7, 11) is -4.63. The number of carboxylic acid groups (broad SMARTS) is 1. The van der Waals surface area contributed by atoms with Gasteiger partial charge in [0.25, 0.3) is 0 Å². The first-order valence-electron chi connectivity index (χ1n) is 14.1. The first kappa shape index (κ1) is 33.1. The van der Waals surface area contributed by atoms with Crippen LogP contribution in [0, 0.1) is 0 Å². The van der Waals surface area contributed by atoms with E-state index in [1.165, 1.54) is 0 Å². The zero-order valence-electron chi connectivity index (χ0n) is 24.0. The van der Waals surface area contributed by atoms with Crippen molar-refractivity contribution in [3.8, 4) is 17.2 Å². The van der Waals surface area contributed by atoms with E-state index in [-0.39, 0.29) is 13.0 Å². The monoisotopic (exact) mass is 629 g/mol. The molecule has 13 heteroatoms. The average Bonchev–Trinajstić information content (AvgIpc) is 3.02. The van der Waals surface area contributed by atoms with E-state index in [0.717, 1.165) is 16.9 Å². The third-order valence-electron chi connectivity index (χ3n) is 6.63. The SMILES string of the molecule is N[C@@H](COP(=O)(O)O[C@H]1CCCOC1COC(=O)CCc1ccccc1OCc1cccc(Oc2ccccc2)c1)C(=O)O. The van der Waals surface area contributed by atoms with Crippen molar-refractivity contribution < 1.29 is 52.1 Å². The molecule has 44 heavy (non-hydrogen) atoms. The van der Waals surface area contributed by atoms with Gasteiger partial charge in [0.2, 0.25) is 0 Å². The molecule has 0 radical (unpaired) electrons. The number of phosphoric acid groups is 1. The second kappa shape index (κ2) is 16.3. The number of para-hydroxylation sites is 2. The maximum absolute atomic E-state index is 12.6. The van der Waals surface area contributed by atoms with Gasteiger partial charge in [-0.2, -0.15) is 0 Å². The van der Waals surface area contributed by atoms with Gasteiger partial charge in [-0.15, -0.1) is 0 Å². The lowest BCUT2D eigenvalue weighted by Gasteiger charge is -2.32. The fraction of sp³-hybridized carbons (Fsp3) is 0.355. The summed E-state index contributed by atoms with van der Waals surface area (Å²) in [5, 5.41) is 8.82. The van der Waals surface area contributed by atoms with Crippen molar-refractivity contribution in [2.24, 2.45) is 5.73 Å². The standard InChI is InChI=1S/C31H36NO11P/c32-26(31(34)35)20-41-44(36,37)43-28-14-7-17-38-29(28)21-40-30(33)16-15-23-9-4-5-13-27(23)39-19-22-8-6-12-25(18-22)42-24-10-2-1-3-11-24/h1-6,8-13,18,26,28-29H,7,14-17,19-21,32H2,(H,34,35)(H,36,37)/t26-,28-,29?/m0/s1. The number of phosphoric ester groups is 1. The molecule has 1 aliphatic heterocycles. The van der Waals surface area contributed by atoms with Gasteiger partial charge in [0.05, 0.1) is 12.7 Å². The second-order valence-electron chi connectivity index (χ2n) is 10.0. The van der Waals surface area contributed by atoms with Gasteiger partial charge < -0.3 is 34.7 Å². The van der Waals surface area contributed by atoms with Crippen molar-refractivity contribution >= 4 is 19.8 Å². The maximum atomic E-state index is 12.6. The Balaban J connectivity index is 1.25. The van der Waals surface area contributed by atoms with Gasteiger partial charge in [-0.1, -0.05) is 48.5 Å². The molecule has 3 aromatic carbocycles. The molecule has 0 bridgehead atoms. The molecular weight excluding hydrogens is 593 g/mol. The zero-order valence-corrected chi connectivity index (χ0v) is 24.9. The predicted octanol–water partition coefficient (Wildman–Crippen LogP) is 4.63. The van der Waals surface area contributed by atoms with Crippen LogP contribution in [0.15, 0.2) is 78.9 Å². The van der Waals surface area contributed by atoms with Crippen LogP contribution < -0.4 is 15.2 Å². The van der Waals surface area contributed by atoms with Crippen LogP contribution in [-0.2, 0) is 45.7 Å². The van der Waals surface area contributed by atoms with Crippen molar-refractivity contribution in [2.75, 3.05) is 19.8 Å². The van der Waals surface area contributed by atoms with Crippen molar-refractivity contribution in [3.05, 3.63) is 90.0 Å². The third-order valence-corrected chi connectivity index (χ3v) is 7.65. The van der Waals surface area contributed by atoms with Crippen LogP contribution >= 0.6 is 7.82 Å². The van der Waals surface area contributed by atoms with E-state index >= 15 is 0 Å². The molecule has 236 valence electrons. The van der Waals surface area contributed by atoms with Crippen LogP contribution in [0.5, 0.6) is 17.2 Å². The van der Waals surface area contributed by atoms with Gasteiger partial charge in [0, 0.05) is 13.0 Å². The number of nitrogens with two attached hydrogens (primary N) is 1. The molecule has 0 aromatic heterocycles. The fourth-order valence-corrected chi connectivity index (χ4v) is 5.35. The Morgan fingerprint density at radius 1 is 1.02 bits per heavy atom. The predicted molar refractivity (Wildman–Crippen MR) is 158 cm³/mol. The Morgan fingerprint density at radius 3 is 2.57 bits per heavy atom. The highest BCUT2D eigenvalue weighted by Crippen LogP contribution is 2.46. The summed E-state index contributed by atoms with van der Waals surface area (Å²) in [6.07, 6.45) is -0.381. The van der Waals surface area contributed by atoms with Crippen LogP contribution in [0.3, 0.4) is 0 Å². The Labute approximate surface area is 255 Å². The van der Waals surface area contributed by atoms with E-state index in [9.17, 15) is 19.0 Å². The lowest BCUT2D eigenvalue weighted by atomic mass is 10.1. The molecule has 2 unspecified atom stereocenters. The number of ether oxygens (including phenoxy) is 4. The van der Waals surface area contributed by atoms with Crippen LogP contribution in [0.2, 0.25) is 0 Å². The third kappa shape index (κ3) is 10.7. The van der Waals surface area contributed by atoms with E-state index in [4.69, 9.17) is 38.8 Å². The summed E-state index contributed by atoms with van der Waals surface area (Å²) < 4.78 is 45.2. The van der Waals surface area contributed by atoms with Crippen molar-refractivity contribution in [1.82, 2.24) is 0 Å². The molecule has 1 heterocycles. The number of carbonyl (C=O) groups excluding carboxylic acids is 1. The Bertz CT molecular complexity index is 1420. The normalized spacial score (nSPS) is 18.5. The molecule has 4 atom stereocenters.